The maximum Gasteiger partial charge on any atom is 2.00 e. The number of nitrogens with zero attached hydrogens (tertiary/aromatic N) is 5. The second-order valence-electron chi connectivity index (χ2n) is 16.2. The summed E-state index contributed by atoms with van der Waals surface area (Å²) in [4.78, 5) is 16.4. The molecule has 0 bridgehead atoms. The summed E-state index contributed by atoms with van der Waals surface area (Å²) in [7, 11) is -9.42. The first kappa shape index (κ1) is 59.8. The number of anilines is 1. The Hall–Kier alpha value is -6.41. The van der Waals surface area contributed by atoms with Gasteiger partial charge in [-0.05, 0) is 121 Å². The van der Waals surface area contributed by atoms with E-state index in [4.69, 9.17) is 32.7 Å². The van der Waals surface area contributed by atoms with Crippen molar-refractivity contribution < 1.29 is 55.5 Å². The minimum atomic E-state index is -4.72. The molecule has 0 fully saturated rings. The van der Waals surface area contributed by atoms with E-state index >= 15 is 0 Å². The number of phenols is 1. The summed E-state index contributed by atoms with van der Waals surface area (Å²) in [6.07, 6.45) is 0.409. The van der Waals surface area contributed by atoms with Crippen LogP contribution in [-0.2, 0) is 33.1 Å². The predicted octanol–water partition coefficient (Wildman–Crippen LogP) is 12.3. The Bertz CT molecular complexity index is 3860. The van der Waals surface area contributed by atoms with Crippen molar-refractivity contribution in [1.82, 2.24) is 0 Å². The molecular formula is C54H46BaCl2N6O12S2. The van der Waals surface area contributed by atoms with Gasteiger partial charge in [0.2, 0.25) is 0 Å². The maximum absolute atomic E-state index is 13.5. The molecule has 77 heavy (non-hydrogen) atoms. The number of benzene rings is 8. The minimum absolute atomic E-state index is 0. The molecule has 0 heterocycles. The van der Waals surface area contributed by atoms with Gasteiger partial charge in [0, 0.05) is 20.8 Å². The number of hydrogen-bond acceptors (Lipinski definition) is 15. The summed E-state index contributed by atoms with van der Waals surface area (Å²) in [5.41, 5.74) is 0.0851. The fraction of sp³-hybridized carbons (Fsp3) is 0.148. The van der Waals surface area contributed by atoms with Crippen LogP contribution in [0.25, 0.3) is 21.5 Å². The number of phenolic OH excluding ortho intramolecular Hbond substituents is 1. The Morgan fingerprint density at radius 2 is 1.05 bits per heavy atom. The molecule has 23 heteroatoms. The van der Waals surface area contributed by atoms with Crippen LogP contribution in [0.4, 0.5) is 34.1 Å². The van der Waals surface area contributed by atoms with Gasteiger partial charge >= 0.3 is 48.9 Å². The number of carbonyl (C=O) groups is 1. The average molecular weight is 1240 g/mol. The summed E-state index contributed by atoms with van der Waals surface area (Å²) in [5, 5.41) is 59.0. The summed E-state index contributed by atoms with van der Waals surface area (Å²) in [6, 6.07) is 35.6. The number of aromatic hydroxyl groups is 1. The number of ether oxygens (including phenoxy) is 2. The van der Waals surface area contributed by atoms with E-state index in [0.717, 1.165) is 0 Å². The number of para-hydroxylation sites is 4. The van der Waals surface area contributed by atoms with Crippen LogP contribution in [0.5, 0.6) is 23.0 Å². The average Bonchev–Trinajstić information content (AvgIpc) is 3.40. The van der Waals surface area contributed by atoms with Gasteiger partial charge in [-0.2, -0.15) is 21.9 Å². The molecular weight excluding hydrogens is 1200 g/mol. The molecule has 0 aliphatic carbocycles. The summed E-state index contributed by atoms with van der Waals surface area (Å²) >= 11 is 12.3. The number of halogens is 2. The molecule has 0 atom stereocenters. The largest absolute Gasteiger partial charge is 2.00 e. The van der Waals surface area contributed by atoms with E-state index in [1.165, 1.54) is 36.4 Å². The second kappa shape index (κ2) is 26.3. The number of nitrogens with one attached hydrogen (secondary N) is 1. The number of aliphatic imine (C=N–C) groups is 1. The SMILES string of the molecule is CCOc1ccccc1N=C([O-])c1cc2ccccc2c(N=Nc2ccc(Cl)c(CC)c2S(=O)(=O)O)c1[O-].CCOc1ccccc1NC(=O)c1cc2ccccc2c(N=Nc2ccc(Cl)c(CC)c2S(=O)(=O)O)c1O.[Ba+2]. The topological polar surface area (TPSA) is 284 Å². The Morgan fingerprint density at radius 3 is 1.58 bits per heavy atom. The first-order valence-corrected chi connectivity index (χ1v) is 26.8. The van der Waals surface area contributed by atoms with Crippen LogP contribution >= 0.6 is 23.2 Å². The zero-order valence-electron chi connectivity index (χ0n) is 41.6. The van der Waals surface area contributed by atoms with Gasteiger partial charge in [0.25, 0.3) is 26.1 Å². The summed E-state index contributed by atoms with van der Waals surface area (Å²) in [5.74, 6) is -1.76. The number of fused-ring (bicyclic) bond motifs is 2. The number of hydrogen-bond donors (Lipinski definition) is 4. The zero-order chi connectivity index (χ0) is 54.9. The summed E-state index contributed by atoms with van der Waals surface area (Å²) in [6.45, 7) is 7.73. The molecule has 0 saturated heterocycles. The van der Waals surface area contributed by atoms with Crippen LogP contribution in [0.15, 0.2) is 169 Å². The van der Waals surface area contributed by atoms with Crippen LogP contribution < -0.4 is 25.0 Å². The van der Waals surface area contributed by atoms with E-state index in [1.54, 1.807) is 118 Å². The fourth-order valence-corrected chi connectivity index (χ4v) is 10.6. The second-order valence-corrected chi connectivity index (χ2v) is 19.7. The minimum Gasteiger partial charge on any atom is -0.871 e. The molecule has 18 nitrogen and oxygen atoms in total. The molecule has 8 aromatic carbocycles. The van der Waals surface area contributed by atoms with Gasteiger partial charge < -0.3 is 30.1 Å². The van der Waals surface area contributed by atoms with E-state index in [1.807, 2.05) is 6.92 Å². The van der Waals surface area contributed by atoms with E-state index in [2.05, 4.69) is 30.8 Å². The van der Waals surface area contributed by atoms with Crippen molar-refractivity contribution in [2.75, 3.05) is 18.5 Å². The Kier molecular flexibility index (Phi) is 20.4. The molecule has 1 amide bonds. The van der Waals surface area contributed by atoms with Gasteiger partial charge in [0.1, 0.15) is 44.0 Å². The monoisotopic (exact) mass is 1240 g/mol. The molecule has 8 rings (SSSR count). The van der Waals surface area contributed by atoms with Gasteiger partial charge in [-0.1, -0.05) is 116 Å². The number of carbonyl (C=O) groups excluding carboxylic acids is 1. The van der Waals surface area contributed by atoms with E-state index in [-0.39, 0.29) is 122 Å². The molecule has 0 aromatic heterocycles. The molecule has 0 saturated carbocycles. The van der Waals surface area contributed by atoms with Crippen LogP contribution in [-0.4, -0.2) is 105 Å². The van der Waals surface area contributed by atoms with Gasteiger partial charge in [-0.15, -0.1) is 15.3 Å². The van der Waals surface area contributed by atoms with Gasteiger partial charge in [0.15, 0.2) is 5.75 Å². The van der Waals surface area contributed by atoms with Gasteiger partial charge in [-0.25, -0.2) is 0 Å². The quantitative estimate of drug-likeness (QED) is 0.0231. The van der Waals surface area contributed by atoms with Crippen molar-refractivity contribution in [2.45, 2.75) is 50.3 Å². The van der Waals surface area contributed by atoms with Crippen molar-refractivity contribution in [3.05, 3.63) is 166 Å². The number of amides is 1. The van der Waals surface area contributed by atoms with Crippen LogP contribution in [0.3, 0.4) is 0 Å². The van der Waals surface area contributed by atoms with Crippen molar-refractivity contribution in [2.24, 2.45) is 25.4 Å². The molecule has 392 valence electrons. The summed E-state index contributed by atoms with van der Waals surface area (Å²) < 4.78 is 79.3. The van der Waals surface area contributed by atoms with Crippen LogP contribution in [0, 0.1) is 0 Å². The third kappa shape index (κ3) is 13.8. The third-order valence-electron chi connectivity index (χ3n) is 11.4. The normalized spacial score (nSPS) is 11.9. The Labute approximate surface area is 493 Å². The molecule has 4 N–H and O–H groups in total. The molecule has 0 unspecified atom stereocenters. The van der Waals surface area contributed by atoms with Crippen molar-refractivity contribution in [3.8, 4) is 23.0 Å². The molecule has 0 aliphatic heterocycles. The van der Waals surface area contributed by atoms with Crippen LogP contribution in [0.2, 0.25) is 10.0 Å². The van der Waals surface area contributed by atoms with Gasteiger partial charge in [0.05, 0.1) is 30.2 Å². The van der Waals surface area contributed by atoms with E-state index in [0.29, 0.717) is 51.9 Å². The smallest absolute Gasteiger partial charge is 0.871 e. The van der Waals surface area contributed by atoms with Crippen molar-refractivity contribution in [3.63, 3.8) is 0 Å². The fourth-order valence-electron chi connectivity index (χ4n) is 7.98. The van der Waals surface area contributed by atoms with E-state index in [9.17, 15) is 46.1 Å². The number of rotatable bonds is 16. The van der Waals surface area contributed by atoms with Crippen molar-refractivity contribution >= 4 is 160 Å². The predicted molar refractivity (Wildman–Crippen MR) is 294 cm³/mol. The first-order valence-electron chi connectivity index (χ1n) is 23.2. The molecule has 8 aromatic rings. The molecule has 0 aliphatic rings. The van der Waals surface area contributed by atoms with Gasteiger partial charge in [-0.3, -0.25) is 18.9 Å². The zero-order valence-corrected chi connectivity index (χ0v) is 49.1. The first-order chi connectivity index (χ1) is 36.3. The van der Waals surface area contributed by atoms with Crippen LogP contribution in [0.1, 0.15) is 54.7 Å². The Balaban J connectivity index is 0.000000246. The standard InChI is InChI=1S/2C27H24ClN3O6S.Ba/c2*1-3-17-20(28)13-14-22(26(17)38(34,35)36)30-31-24-18-10-6-5-9-16(18)15-19(25(24)32)27(33)29-21-11-7-8-12-23(21)37-4-2;/h2*5-15,32H,3-4H2,1-2H3,(H,29,33)(H,34,35,36);/q;;+2/p-2. The van der Waals surface area contributed by atoms with Crippen molar-refractivity contribution in [1.29, 1.82) is 0 Å². The molecule has 0 spiro atoms. The number of azo groups is 2. The maximum atomic E-state index is 13.5. The Morgan fingerprint density at radius 1 is 0.597 bits per heavy atom. The third-order valence-corrected chi connectivity index (χ3v) is 14.0. The molecule has 0 radical (unpaired) electrons. The van der Waals surface area contributed by atoms with E-state index < -0.39 is 53.3 Å².